The Morgan fingerprint density at radius 3 is 2.71 bits per heavy atom. The number of nitrogens with two attached hydrogens (primary N) is 1. The molecule has 0 rings (SSSR count). The molecule has 0 heterocycles. The van der Waals surface area contributed by atoms with Crippen LogP contribution in [0.2, 0.25) is 0 Å². The monoisotopic (exact) mass is 197 g/mol. The largest absolute Gasteiger partial charge is 0.353 e. The van der Waals surface area contributed by atoms with Crippen LogP contribution in [-0.4, -0.2) is 18.5 Å². The summed E-state index contributed by atoms with van der Waals surface area (Å²) < 4.78 is 0. The van der Waals surface area contributed by atoms with Crippen LogP contribution < -0.4 is 11.1 Å². The molecule has 3 N–H and O–H groups in total. The number of nitriles is 1. The van der Waals surface area contributed by atoms with Gasteiger partial charge >= 0.3 is 0 Å². The summed E-state index contributed by atoms with van der Waals surface area (Å²) in [5, 5.41) is 11.1. The number of nitrogens with zero attached hydrogens (tertiary/aromatic N) is 1. The van der Waals surface area contributed by atoms with Crippen molar-refractivity contribution < 1.29 is 4.79 Å². The third-order valence-corrected chi connectivity index (χ3v) is 2.07. The van der Waals surface area contributed by atoms with Gasteiger partial charge < -0.3 is 11.1 Å². The summed E-state index contributed by atoms with van der Waals surface area (Å²) in [5.74, 6) is 0.389. The average molecular weight is 197 g/mol. The van der Waals surface area contributed by atoms with Crippen molar-refractivity contribution in [1.82, 2.24) is 5.32 Å². The Labute approximate surface area is 85.5 Å². The highest BCUT2D eigenvalue weighted by Crippen LogP contribution is 2.03. The highest BCUT2D eigenvalue weighted by atomic mass is 16.1. The van der Waals surface area contributed by atoms with Gasteiger partial charge in [0.1, 0.15) is 0 Å². The zero-order valence-electron chi connectivity index (χ0n) is 8.92. The van der Waals surface area contributed by atoms with E-state index in [1.165, 1.54) is 0 Å². The lowest BCUT2D eigenvalue weighted by molar-refractivity contribution is -0.121. The van der Waals surface area contributed by atoms with Crippen LogP contribution >= 0.6 is 0 Å². The van der Waals surface area contributed by atoms with Crippen LogP contribution in [0.15, 0.2) is 0 Å². The smallest absolute Gasteiger partial charge is 0.220 e. The average Bonchev–Trinajstić information content (AvgIpc) is 2.14. The van der Waals surface area contributed by atoms with Gasteiger partial charge in [0.05, 0.1) is 12.5 Å². The quantitative estimate of drug-likeness (QED) is 0.660. The minimum atomic E-state index is -0.0549. The summed E-state index contributed by atoms with van der Waals surface area (Å²) in [6.45, 7) is 4.46. The molecule has 0 aliphatic rings. The molecule has 0 aromatic carbocycles. The molecule has 0 spiro atoms. The van der Waals surface area contributed by atoms with E-state index < -0.39 is 0 Å². The molecular formula is C10H19N3O. The summed E-state index contributed by atoms with van der Waals surface area (Å²) in [4.78, 5) is 11.3. The fourth-order valence-electron chi connectivity index (χ4n) is 1.03. The molecule has 2 unspecified atom stereocenters. The highest BCUT2D eigenvalue weighted by Gasteiger charge is 2.08. The van der Waals surface area contributed by atoms with Crippen LogP contribution in [0.4, 0.5) is 0 Å². The van der Waals surface area contributed by atoms with Gasteiger partial charge in [0.2, 0.25) is 5.91 Å². The predicted molar refractivity (Wildman–Crippen MR) is 55.3 cm³/mol. The third-order valence-electron chi connectivity index (χ3n) is 2.07. The van der Waals surface area contributed by atoms with Crippen molar-refractivity contribution in [3.63, 3.8) is 0 Å². The van der Waals surface area contributed by atoms with E-state index in [0.717, 1.165) is 6.42 Å². The molecular weight excluding hydrogens is 178 g/mol. The lowest BCUT2D eigenvalue weighted by Gasteiger charge is -2.11. The normalized spacial score (nSPS) is 14.1. The lowest BCUT2D eigenvalue weighted by Crippen LogP contribution is -2.32. The molecule has 0 radical (unpaired) electrons. The first-order chi connectivity index (χ1) is 6.60. The zero-order valence-corrected chi connectivity index (χ0v) is 8.92. The van der Waals surface area contributed by atoms with Gasteiger partial charge in [-0.1, -0.05) is 6.92 Å². The topological polar surface area (TPSA) is 78.9 Å². The number of amides is 1. The van der Waals surface area contributed by atoms with Gasteiger partial charge in [-0.25, -0.2) is 0 Å². The number of nitrogens with one attached hydrogen (secondary N) is 1. The van der Waals surface area contributed by atoms with Crippen LogP contribution in [0.5, 0.6) is 0 Å². The predicted octanol–water partition coefficient (Wildman–Crippen LogP) is 0.780. The van der Waals surface area contributed by atoms with Crippen molar-refractivity contribution in [1.29, 1.82) is 5.26 Å². The van der Waals surface area contributed by atoms with Crippen LogP contribution in [0, 0.1) is 17.2 Å². The van der Waals surface area contributed by atoms with Crippen molar-refractivity contribution >= 4 is 5.91 Å². The number of carbonyl (C=O) groups excluding carboxylic acids is 1. The van der Waals surface area contributed by atoms with Gasteiger partial charge in [-0.05, 0) is 25.8 Å². The van der Waals surface area contributed by atoms with E-state index in [2.05, 4.69) is 5.32 Å². The summed E-state index contributed by atoms with van der Waals surface area (Å²) in [5.41, 5.74) is 5.43. The Hall–Kier alpha value is -1.08. The molecule has 2 atom stereocenters. The van der Waals surface area contributed by atoms with E-state index in [9.17, 15) is 4.79 Å². The molecule has 80 valence electrons. The van der Waals surface area contributed by atoms with Gasteiger partial charge in [0.15, 0.2) is 0 Å². The van der Waals surface area contributed by atoms with Gasteiger partial charge in [0, 0.05) is 12.5 Å². The summed E-state index contributed by atoms with van der Waals surface area (Å²) in [7, 11) is 0. The van der Waals surface area contributed by atoms with Gasteiger partial charge in [-0.3, -0.25) is 4.79 Å². The molecule has 0 saturated heterocycles. The fraction of sp³-hybridized carbons (Fsp3) is 0.800. The highest BCUT2D eigenvalue weighted by molar-refractivity contribution is 5.76. The second kappa shape index (κ2) is 7.34. The summed E-state index contributed by atoms with van der Waals surface area (Å²) in [6, 6.07) is 1.96. The van der Waals surface area contributed by atoms with Crippen molar-refractivity contribution in [2.24, 2.45) is 11.7 Å². The molecule has 0 aromatic heterocycles. The minimum Gasteiger partial charge on any atom is -0.353 e. The second-order valence-electron chi connectivity index (χ2n) is 3.71. The summed E-state index contributed by atoms with van der Waals surface area (Å²) >= 11 is 0. The van der Waals surface area contributed by atoms with E-state index in [4.69, 9.17) is 11.0 Å². The number of hydrogen-bond donors (Lipinski definition) is 2. The van der Waals surface area contributed by atoms with Crippen molar-refractivity contribution in [3.8, 4) is 6.07 Å². The van der Waals surface area contributed by atoms with E-state index in [1.807, 2.05) is 19.9 Å². The van der Waals surface area contributed by atoms with Crippen LogP contribution in [0.3, 0.4) is 0 Å². The second-order valence-corrected chi connectivity index (χ2v) is 3.71. The van der Waals surface area contributed by atoms with Gasteiger partial charge in [-0.15, -0.1) is 0 Å². The first kappa shape index (κ1) is 12.9. The molecule has 1 amide bonds. The maximum absolute atomic E-state index is 11.3. The zero-order chi connectivity index (χ0) is 11.0. The maximum Gasteiger partial charge on any atom is 0.220 e. The number of carbonyl (C=O) groups is 1. The third kappa shape index (κ3) is 6.44. The molecule has 0 aliphatic carbocycles. The molecule has 0 saturated carbocycles. The van der Waals surface area contributed by atoms with E-state index in [1.54, 1.807) is 0 Å². The number of rotatable bonds is 6. The lowest BCUT2D eigenvalue weighted by atomic mass is 10.1. The van der Waals surface area contributed by atoms with Gasteiger partial charge in [-0.2, -0.15) is 5.26 Å². The first-order valence-corrected chi connectivity index (χ1v) is 4.96. The van der Waals surface area contributed by atoms with Crippen LogP contribution in [0.1, 0.15) is 33.1 Å². The Bertz CT molecular complexity index is 210. The standard InChI is InChI=1S/C10H19N3O/c1-8(7-12)3-4-10(14)13-9(2)5-6-11/h8-9H,3-5,7,12H2,1-2H3,(H,13,14). The molecule has 0 bridgehead atoms. The Morgan fingerprint density at radius 1 is 1.57 bits per heavy atom. The van der Waals surface area contributed by atoms with Crippen molar-refractivity contribution in [3.05, 3.63) is 0 Å². The molecule has 4 heteroatoms. The Kier molecular flexibility index (Phi) is 6.77. The minimum absolute atomic E-state index is 0.00745. The van der Waals surface area contributed by atoms with Crippen molar-refractivity contribution in [2.45, 2.75) is 39.2 Å². The van der Waals surface area contributed by atoms with Crippen LogP contribution in [0.25, 0.3) is 0 Å². The molecule has 4 nitrogen and oxygen atoms in total. The Morgan fingerprint density at radius 2 is 2.21 bits per heavy atom. The van der Waals surface area contributed by atoms with E-state index in [-0.39, 0.29) is 11.9 Å². The maximum atomic E-state index is 11.3. The molecule has 14 heavy (non-hydrogen) atoms. The molecule has 0 aromatic rings. The first-order valence-electron chi connectivity index (χ1n) is 4.96. The van der Waals surface area contributed by atoms with Gasteiger partial charge in [0.25, 0.3) is 0 Å². The van der Waals surface area contributed by atoms with Crippen LogP contribution in [-0.2, 0) is 4.79 Å². The molecule has 0 aliphatic heterocycles. The fourth-order valence-corrected chi connectivity index (χ4v) is 1.03. The number of hydrogen-bond acceptors (Lipinski definition) is 3. The molecule has 0 fully saturated rings. The Balaban J connectivity index is 3.61. The SMILES string of the molecule is CC(CN)CCC(=O)NC(C)CC#N. The summed E-state index contributed by atoms with van der Waals surface area (Å²) in [6.07, 6.45) is 1.66. The van der Waals surface area contributed by atoms with E-state index in [0.29, 0.717) is 25.3 Å². The van der Waals surface area contributed by atoms with E-state index >= 15 is 0 Å². The van der Waals surface area contributed by atoms with Crippen molar-refractivity contribution in [2.75, 3.05) is 6.54 Å².